The number of rotatable bonds is 4. The molecular formula is C11H12BrNO2. The molecule has 0 fully saturated rings. The van der Waals surface area contributed by atoms with E-state index in [9.17, 15) is 4.79 Å². The fraction of sp³-hybridized carbons (Fsp3) is 0.273. The predicted octanol–water partition coefficient (Wildman–Crippen LogP) is 2.74. The molecule has 0 aliphatic carbocycles. The Balaban J connectivity index is 2.83. The average molecular weight is 270 g/mol. The Bertz CT molecular complexity index is 349. The van der Waals surface area contributed by atoms with Gasteiger partial charge in [-0.3, -0.25) is 0 Å². The van der Waals surface area contributed by atoms with Crippen molar-refractivity contribution in [3.05, 3.63) is 35.9 Å². The smallest absolute Gasteiger partial charge is 0.318 e. The SMILES string of the molecule is CC(=O)ON=C(CCBr)c1ccccc1. The highest BCUT2D eigenvalue weighted by Crippen LogP contribution is 2.06. The molecule has 0 bridgehead atoms. The van der Waals surface area contributed by atoms with Gasteiger partial charge in [0.15, 0.2) is 0 Å². The summed E-state index contributed by atoms with van der Waals surface area (Å²) in [6.45, 7) is 1.33. The number of carbonyl (C=O) groups excluding carboxylic acids is 1. The molecule has 0 saturated heterocycles. The van der Waals surface area contributed by atoms with Crippen molar-refractivity contribution in [3.63, 3.8) is 0 Å². The zero-order chi connectivity index (χ0) is 11.1. The van der Waals surface area contributed by atoms with Crippen LogP contribution in [-0.4, -0.2) is 17.0 Å². The molecule has 0 saturated carbocycles. The Morgan fingerprint density at radius 3 is 2.60 bits per heavy atom. The number of oxime groups is 1. The lowest BCUT2D eigenvalue weighted by Crippen LogP contribution is -2.04. The maximum Gasteiger partial charge on any atom is 0.331 e. The lowest BCUT2D eigenvalue weighted by Gasteiger charge is -2.03. The number of halogens is 1. The third-order valence-corrected chi connectivity index (χ3v) is 2.12. The van der Waals surface area contributed by atoms with Gasteiger partial charge in [-0.1, -0.05) is 51.4 Å². The molecule has 1 aromatic rings. The Labute approximate surface area is 97.2 Å². The van der Waals surface area contributed by atoms with Crippen molar-refractivity contribution in [2.45, 2.75) is 13.3 Å². The molecule has 0 radical (unpaired) electrons. The van der Waals surface area contributed by atoms with E-state index in [1.165, 1.54) is 6.92 Å². The van der Waals surface area contributed by atoms with E-state index in [1.807, 2.05) is 30.3 Å². The van der Waals surface area contributed by atoms with Crippen molar-refractivity contribution in [1.29, 1.82) is 0 Å². The first-order valence-corrected chi connectivity index (χ1v) is 5.72. The van der Waals surface area contributed by atoms with Gasteiger partial charge in [0, 0.05) is 18.7 Å². The molecule has 0 amide bonds. The van der Waals surface area contributed by atoms with E-state index in [1.54, 1.807) is 0 Å². The Morgan fingerprint density at radius 1 is 1.40 bits per heavy atom. The standard InChI is InChI=1S/C11H12BrNO2/c1-9(14)15-13-11(7-8-12)10-5-3-2-4-6-10/h2-6H,7-8H2,1H3. The van der Waals surface area contributed by atoms with Crippen LogP contribution in [0.2, 0.25) is 0 Å². The van der Waals surface area contributed by atoms with Crippen LogP contribution in [0.5, 0.6) is 0 Å². The maximum absolute atomic E-state index is 10.6. The minimum absolute atomic E-state index is 0.405. The van der Waals surface area contributed by atoms with Gasteiger partial charge < -0.3 is 4.84 Å². The van der Waals surface area contributed by atoms with Gasteiger partial charge in [-0.05, 0) is 5.56 Å². The second-order valence-electron chi connectivity index (χ2n) is 2.93. The van der Waals surface area contributed by atoms with Crippen molar-refractivity contribution in [2.75, 3.05) is 5.33 Å². The quantitative estimate of drug-likeness (QED) is 0.365. The molecule has 80 valence electrons. The molecule has 0 N–H and O–H groups in total. The third kappa shape index (κ3) is 4.25. The average Bonchev–Trinajstić information content (AvgIpc) is 2.25. The first-order valence-electron chi connectivity index (χ1n) is 4.60. The lowest BCUT2D eigenvalue weighted by atomic mass is 10.1. The van der Waals surface area contributed by atoms with Crippen molar-refractivity contribution in [2.24, 2.45) is 5.16 Å². The molecule has 15 heavy (non-hydrogen) atoms. The summed E-state index contributed by atoms with van der Waals surface area (Å²) in [4.78, 5) is 15.3. The zero-order valence-electron chi connectivity index (χ0n) is 8.44. The number of alkyl halides is 1. The van der Waals surface area contributed by atoms with Crippen LogP contribution < -0.4 is 0 Å². The summed E-state index contributed by atoms with van der Waals surface area (Å²) in [5.74, 6) is -0.405. The molecule has 0 spiro atoms. The number of hydrogen-bond donors (Lipinski definition) is 0. The summed E-state index contributed by atoms with van der Waals surface area (Å²) in [6.07, 6.45) is 0.720. The van der Waals surface area contributed by atoms with E-state index >= 15 is 0 Å². The fourth-order valence-corrected chi connectivity index (χ4v) is 1.46. The largest absolute Gasteiger partial charge is 0.331 e. The van der Waals surface area contributed by atoms with Gasteiger partial charge in [0.25, 0.3) is 0 Å². The van der Waals surface area contributed by atoms with Crippen LogP contribution in [0.25, 0.3) is 0 Å². The summed E-state index contributed by atoms with van der Waals surface area (Å²) in [5, 5.41) is 4.60. The Hall–Kier alpha value is -1.16. The van der Waals surface area contributed by atoms with E-state index < -0.39 is 5.97 Å². The summed E-state index contributed by atoms with van der Waals surface area (Å²) >= 11 is 3.33. The summed E-state index contributed by atoms with van der Waals surface area (Å²) in [7, 11) is 0. The highest BCUT2D eigenvalue weighted by Gasteiger charge is 2.03. The number of benzene rings is 1. The van der Waals surface area contributed by atoms with Crippen LogP contribution in [0.1, 0.15) is 18.9 Å². The van der Waals surface area contributed by atoms with E-state index in [-0.39, 0.29) is 0 Å². The molecule has 0 unspecified atom stereocenters. The van der Waals surface area contributed by atoms with Crippen molar-refractivity contribution < 1.29 is 9.63 Å². The fourth-order valence-electron chi connectivity index (χ4n) is 1.08. The van der Waals surface area contributed by atoms with E-state index in [0.29, 0.717) is 0 Å². The van der Waals surface area contributed by atoms with E-state index in [4.69, 9.17) is 0 Å². The van der Waals surface area contributed by atoms with Gasteiger partial charge in [-0.25, -0.2) is 4.79 Å². The number of carbonyl (C=O) groups is 1. The minimum atomic E-state index is -0.405. The zero-order valence-corrected chi connectivity index (χ0v) is 10.0. The Kier molecular flexibility index (Phi) is 5.04. The van der Waals surface area contributed by atoms with Crippen LogP contribution in [-0.2, 0) is 9.63 Å². The third-order valence-electron chi connectivity index (χ3n) is 1.72. The first-order chi connectivity index (χ1) is 7.24. The molecule has 0 aliphatic rings. The molecular weight excluding hydrogens is 258 g/mol. The van der Waals surface area contributed by atoms with Gasteiger partial charge >= 0.3 is 5.97 Å². The Morgan fingerprint density at radius 2 is 2.07 bits per heavy atom. The number of hydrogen-bond acceptors (Lipinski definition) is 3. The van der Waals surface area contributed by atoms with Crippen LogP contribution in [0, 0.1) is 0 Å². The topological polar surface area (TPSA) is 38.7 Å². The van der Waals surface area contributed by atoms with Crippen LogP contribution >= 0.6 is 15.9 Å². The maximum atomic E-state index is 10.6. The monoisotopic (exact) mass is 269 g/mol. The van der Waals surface area contributed by atoms with Gasteiger partial charge in [0.05, 0.1) is 5.71 Å². The van der Waals surface area contributed by atoms with Crippen LogP contribution in [0.3, 0.4) is 0 Å². The molecule has 0 atom stereocenters. The summed E-state index contributed by atoms with van der Waals surface area (Å²) in [5.41, 5.74) is 1.74. The van der Waals surface area contributed by atoms with Gasteiger partial charge in [-0.2, -0.15) is 0 Å². The van der Waals surface area contributed by atoms with Gasteiger partial charge in [0.2, 0.25) is 0 Å². The van der Waals surface area contributed by atoms with E-state index in [0.717, 1.165) is 23.0 Å². The van der Waals surface area contributed by atoms with Crippen molar-refractivity contribution in [1.82, 2.24) is 0 Å². The summed E-state index contributed by atoms with van der Waals surface area (Å²) in [6, 6.07) is 9.65. The molecule has 1 aromatic carbocycles. The molecule has 0 heterocycles. The van der Waals surface area contributed by atoms with Gasteiger partial charge in [0.1, 0.15) is 0 Å². The minimum Gasteiger partial charge on any atom is -0.318 e. The predicted molar refractivity (Wildman–Crippen MR) is 63.2 cm³/mol. The van der Waals surface area contributed by atoms with Crippen molar-refractivity contribution >= 4 is 27.6 Å². The second-order valence-corrected chi connectivity index (χ2v) is 3.72. The molecule has 3 nitrogen and oxygen atoms in total. The lowest BCUT2D eigenvalue weighted by molar-refractivity contribution is -0.140. The number of nitrogens with zero attached hydrogens (tertiary/aromatic N) is 1. The van der Waals surface area contributed by atoms with Gasteiger partial charge in [-0.15, -0.1) is 0 Å². The first kappa shape index (κ1) is 11.9. The van der Waals surface area contributed by atoms with Crippen LogP contribution in [0.4, 0.5) is 0 Å². The summed E-state index contributed by atoms with van der Waals surface area (Å²) < 4.78 is 0. The highest BCUT2D eigenvalue weighted by atomic mass is 79.9. The highest BCUT2D eigenvalue weighted by molar-refractivity contribution is 9.09. The van der Waals surface area contributed by atoms with Crippen LogP contribution in [0.15, 0.2) is 35.5 Å². The molecule has 0 aliphatic heterocycles. The normalized spacial score (nSPS) is 11.2. The van der Waals surface area contributed by atoms with Crippen molar-refractivity contribution in [3.8, 4) is 0 Å². The molecule has 1 rings (SSSR count). The van der Waals surface area contributed by atoms with E-state index in [2.05, 4.69) is 25.9 Å². The molecule has 0 aromatic heterocycles. The molecule has 4 heteroatoms. The second kappa shape index (κ2) is 6.35.